The van der Waals surface area contributed by atoms with Crippen molar-refractivity contribution in [1.29, 1.82) is 0 Å². The van der Waals surface area contributed by atoms with Gasteiger partial charge in [-0.25, -0.2) is 0 Å². The Bertz CT molecular complexity index is 304. The van der Waals surface area contributed by atoms with Gasteiger partial charge in [0.15, 0.2) is 0 Å². The average Bonchev–Trinajstić information content (AvgIpc) is 2.97. The molecular formula is C12H20N2O. The van der Waals surface area contributed by atoms with Gasteiger partial charge in [-0.3, -0.25) is 4.90 Å². The third kappa shape index (κ3) is 3.36. The summed E-state index contributed by atoms with van der Waals surface area (Å²) >= 11 is 0. The molecular weight excluding hydrogens is 188 g/mol. The summed E-state index contributed by atoms with van der Waals surface area (Å²) in [5.41, 5.74) is 0. The summed E-state index contributed by atoms with van der Waals surface area (Å²) in [5, 5.41) is 3.45. The molecule has 1 saturated carbocycles. The Labute approximate surface area is 91.4 Å². The van der Waals surface area contributed by atoms with Crippen LogP contribution in [0.3, 0.4) is 0 Å². The lowest BCUT2D eigenvalue weighted by atomic mass is 10.4. The monoisotopic (exact) mass is 208 g/mol. The minimum Gasteiger partial charge on any atom is -0.463 e. The predicted octanol–water partition coefficient (Wildman–Crippen LogP) is 1.98. The fourth-order valence-corrected chi connectivity index (χ4v) is 1.51. The number of hydrogen-bond donors (Lipinski definition) is 1. The third-order valence-corrected chi connectivity index (χ3v) is 2.83. The molecule has 3 heteroatoms. The summed E-state index contributed by atoms with van der Waals surface area (Å²) in [6.07, 6.45) is 2.65. The fraction of sp³-hybridized carbons (Fsp3) is 0.667. The molecule has 3 nitrogen and oxygen atoms in total. The largest absolute Gasteiger partial charge is 0.463 e. The molecule has 0 spiro atoms. The van der Waals surface area contributed by atoms with Crippen LogP contribution in [0.2, 0.25) is 0 Å². The third-order valence-electron chi connectivity index (χ3n) is 2.83. The molecule has 0 atom stereocenters. The minimum atomic E-state index is 0.747. The van der Waals surface area contributed by atoms with Gasteiger partial charge in [0.05, 0.1) is 13.1 Å². The Balaban J connectivity index is 1.79. The average molecular weight is 208 g/mol. The first-order valence-electron chi connectivity index (χ1n) is 5.77. The molecule has 0 saturated heterocycles. The van der Waals surface area contributed by atoms with Crippen molar-refractivity contribution in [3.05, 3.63) is 23.7 Å². The normalized spacial score (nSPS) is 16.2. The second kappa shape index (κ2) is 4.81. The Hall–Kier alpha value is -0.800. The van der Waals surface area contributed by atoms with Gasteiger partial charge in [0.25, 0.3) is 0 Å². The van der Waals surface area contributed by atoms with Crippen LogP contribution in [0.15, 0.2) is 16.5 Å². The molecule has 15 heavy (non-hydrogen) atoms. The first-order valence-corrected chi connectivity index (χ1v) is 5.77. The van der Waals surface area contributed by atoms with Crippen LogP contribution in [0.1, 0.15) is 31.3 Å². The van der Waals surface area contributed by atoms with E-state index in [0.717, 1.165) is 37.2 Å². The van der Waals surface area contributed by atoms with Crippen LogP contribution in [-0.4, -0.2) is 24.5 Å². The van der Waals surface area contributed by atoms with E-state index in [4.69, 9.17) is 4.42 Å². The van der Waals surface area contributed by atoms with Crippen LogP contribution in [0.5, 0.6) is 0 Å². The number of furan rings is 1. The van der Waals surface area contributed by atoms with Crippen molar-refractivity contribution in [2.45, 2.75) is 38.9 Å². The van der Waals surface area contributed by atoms with Gasteiger partial charge in [-0.15, -0.1) is 0 Å². The van der Waals surface area contributed by atoms with E-state index in [2.05, 4.69) is 36.3 Å². The van der Waals surface area contributed by atoms with Crippen molar-refractivity contribution in [2.24, 2.45) is 0 Å². The minimum absolute atomic E-state index is 0.747. The molecule has 0 aliphatic heterocycles. The zero-order valence-corrected chi connectivity index (χ0v) is 9.62. The molecule has 1 N–H and O–H groups in total. The van der Waals surface area contributed by atoms with Crippen molar-refractivity contribution in [3.8, 4) is 0 Å². The summed E-state index contributed by atoms with van der Waals surface area (Å²) in [6.45, 7) is 4.98. The molecule has 2 rings (SSSR count). The first-order chi connectivity index (χ1) is 7.28. The van der Waals surface area contributed by atoms with Gasteiger partial charge >= 0.3 is 0 Å². The highest BCUT2D eigenvalue weighted by Crippen LogP contribution is 2.19. The highest BCUT2D eigenvalue weighted by Gasteiger charge is 2.20. The quantitative estimate of drug-likeness (QED) is 0.775. The Morgan fingerprint density at radius 1 is 1.40 bits per heavy atom. The second-order valence-corrected chi connectivity index (χ2v) is 4.35. The highest BCUT2D eigenvalue weighted by molar-refractivity contribution is 5.07. The van der Waals surface area contributed by atoms with Crippen LogP contribution < -0.4 is 5.32 Å². The maximum atomic E-state index is 5.73. The molecule has 1 heterocycles. The number of nitrogens with zero attached hydrogens (tertiary/aromatic N) is 1. The molecule has 0 bridgehead atoms. The topological polar surface area (TPSA) is 28.4 Å². The lowest BCUT2D eigenvalue weighted by molar-refractivity contribution is 0.302. The number of nitrogens with one attached hydrogen (secondary N) is 1. The summed E-state index contributed by atoms with van der Waals surface area (Å²) in [7, 11) is 2.10. The van der Waals surface area contributed by atoms with Crippen molar-refractivity contribution in [3.63, 3.8) is 0 Å². The lowest BCUT2D eigenvalue weighted by Crippen LogP contribution is -2.16. The van der Waals surface area contributed by atoms with Crippen molar-refractivity contribution < 1.29 is 4.42 Å². The molecule has 0 amide bonds. The predicted molar refractivity (Wildman–Crippen MR) is 60.6 cm³/mol. The van der Waals surface area contributed by atoms with Gasteiger partial charge < -0.3 is 9.73 Å². The van der Waals surface area contributed by atoms with E-state index in [1.807, 2.05) is 0 Å². The molecule has 0 aromatic carbocycles. The first kappa shape index (κ1) is 10.7. The molecule has 1 aromatic rings. The smallest absolute Gasteiger partial charge is 0.118 e. The van der Waals surface area contributed by atoms with Gasteiger partial charge in [0, 0.05) is 6.04 Å². The molecule has 1 aliphatic rings. The Morgan fingerprint density at radius 3 is 2.80 bits per heavy atom. The molecule has 1 aromatic heterocycles. The molecule has 84 valence electrons. The van der Waals surface area contributed by atoms with Crippen molar-refractivity contribution in [2.75, 3.05) is 13.6 Å². The SMILES string of the molecule is CCN(C)Cc1ccc(CNC2CC2)o1. The van der Waals surface area contributed by atoms with Gasteiger partial charge in [0.1, 0.15) is 11.5 Å². The van der Waals surface area contributed by atoms with E-state index in [0.29, 0.717) is 0 Å². The van der Waals surface area contributed by atoms with Crippen LogP contribution in [0, 0.1) is 0 Å². The zero-order chi connectivity index (χ0) is 10.7. The number of rotatable bonds is 6. The lowest BCUT2D eigenvalue weighted by Gasteiger charge is -2.10. The maximum absolute atomic E-state index is 5.73. The van der Waals surface area contributed by atoms with Crippen LogP contribution in [0.25, 0.3) is 0 Å². The molecule has 1 fully saturated rings. The van der Waals surface area contributed by atoms with E-state index in [1.165, 1.54) is 12.8 Å². The summed E-state index contributed by atoms with van der Waals surface area (Å²) < 4.78 is 5.73. The van der Waals surface area contributed by atoms with E-state index >= 15 is 0 Å². The van der Waals surface area contributed by atoms with Crippen molar-refractivity contribution in [1.82, 2.24) is 10.2 Å². The summed E-state index contributed by atoms with van der Waals surface area (Å²) in [6, 6.07) is 4.90. The Morgan fingerprint density at radius 2 is 2.13 bits per heavy atom. The van der Waals surface area contributed by atoms with E-state index in [9.17, 15) is 0 Å². The Kier molecular flexibility index (Phi) is 3.44. The maximum Gasteiger partial charge on any atom is 0.118 e. The van der Waals surface area contributed by atoms with Crippen LogP contribution in [-0.2, 0) is 13.1 Å². The molecule has 1 aliphatic carbocycles. The van der Waals surface area contributed by atoms with E-state index in [-0.39, 0.29) is 0 Å². The number of hydrogen-bond acceptors (Lipinski definition) is 3. The van der Waals surface area contributed by atoms with Gasteiger partial charge in [-0.1, -0.05) is 6.92 Å². The van der Waals surface area contributed by atoms with Gasteiger partial charge in [0.2, 0.25) is 0 Å². The molecule has 0 unspecified atom stereocenters. The highest BCUT2D eigenvalue weighted by atomic mass is 16.3. The van der Waals surface area contributed by atoms with Crippen LogP contribution in [0.4, 0.5) is 0 Å². The molecule has 0 radical (unpaired) electrons. The summed E-state index contributed by atoms with van der Waals surface area (Å²) in [5.74, 6) is 2.12. The van der Waals surface area contributed by atoms with Gasteiger partial charge in [-0.05, 0) is 38.6 Å². The zero-order valence-electron chi connectivity index (χ0n) is 9.62. The van der Waals surface area contributed by atoms with Crippen LogP contribution >= 0.6 is 0 Å². The summed E-state index contributed by atoms with van der Waals surface area (Å²) in [4.78, 5) is 2.23. The standard InChI is InChI=1S/C12H20N2O/c1-3-14(2)9-12-7-6-11(15-12)8-13-10-4-5-10/h6-7,10,13H,3-5,8-9H2,1-2H3. The van der Waals surface area contributed by atoms with Gasteiger partial charge in [-0.2, -0.15) is 0 Å². The second-order valence-electron chi connectivity index (χ2n) is 4.35. The van der Waals surface area contributed by atoms with E-state index < -0.39 is 0 Å². The fourth-order valence-electron chi connectivity index (χ4n) is 1.51. The van der Waals surface area contributed by atoms with E-state index in [1.54, 1.807) is 0 Å². The van der Waals surface area contributed by atoms with Crippen molar-refractivity contribution >= 4 is 0 Å².